The van der Waals surface area contributed by atoms with Gasteiger partial charge in [0.05, 0.1) is 17.8 Å². The van der Waals surface area contributed by atoms with Crippen molar-refractivity contribution in [3.05, 3.63) is 65.5 Å². The topological polar surface area (TPSA) is 74.5 Å². The summed E-state index contributed by atoms with van der Waals surface area (Å²) in [4.78, 5) is 11.9. The summed E-state index contributed by atoms with van der Waals surface area (Å²) in [5.41, 5.74) is 3.37. The zero-order valence-corrected chi connectivity index (χ0v) is 12.4. The number of ether oxygens (including phenoxy) is 1. The Morgan fingerprint density at radius 3 is 2.74 bits per heavy atom. The van der Waals surface area contributed by atoms with Crippen LogP contribution in [0.15, 0.2) is 53.6 Å². The second-order valence-corrected chi connectivity index (χ2v) is 4.69. The molecule has 1 N–H and O–H groups in total. The molecule has 5 nitrogen and oxygen atoms in total. The van der Waals surface area contributed by atoms with Crippen LogP contribution in [-0.2, 0) is 4.79 Å². The normalized spacial score (nSPS) is 11.7. The lowest BCUT2D eigenvalue weighted by molar-refractivity contribution is -0.127. The summed E-state index contributed by atoms with van der Waals surface area (Å²) in [6, 6.07) is 14.2. The van der Waals surface area contributed by atoms with E-state index in [4.69, 9.17) is 10.00 Å². The fourth-order valence-electron chi connectivity index (χ4n) is 1.71. The van der Waals surface area contributed by atoms with Crippen LogP contribution in [0.3, 0.4) is 0 Å². The number of amides is 1. The number of carbonyl (C=O) groups is 1. The van der Waals surface area contributed by atoms with Gasteiger partial charge in [-0.3, -0.25) is 4.79 Å². The van der Waals surface area contributed by atoms with Crippen LogP contribution < -0.4 is 10.2 Å². The van der Waals surface area contributed by atoms with E-state index >= 15 is 0 Å². The lowest BCUT2D eigenvalue weighted by Gasteiger charge is -2.12. The highest BCUT2D eigenvalue weighted by Gasteiger charge is 2.13. The zero-order chi connectivity index (χ0) is 16.7. The second-order valence-electron chi connectivity index (χ2n) is 4.69. The Labute approximate surface area is 133 Å². The molecule has 0 aliphatic heterocycles. The Balaban J connectivity index is 1.88. The summed E-state index contributed by atoms with van der Waals surface area (Å²) >= 11 is 0. The molecule has 0 saturated carbocycles. The Kier molecular flexibility index (Phi) is 5.42. The first-order chi connectivity index (χ1) is 11.1. The largest absolute Gasteiger partial charge is 0.481 e. The van der Waals surface area contributed by atoms with Gasteiger partial charge in [0, 0.05) is 0 Å². The minimum absolute atomic E-state index is 0.377. The molecule has 2 rings (SSSR count). The monoisotopic (exact) mass is 311 g/mol. The van der Waals surface area contributed by atoms with Gasteiger partial charge in [0.2, 0.25) is 0 Å². The quantitative estimate of drug-likeness (QED) is 0.681. The van der Waals surface area contributed by atoms with E-state index in [1.807, 2.05) is 6.07 Å². The number of hydrazone groups is 1. The van der Waals surface area contributed by atoms with Crippen molar-refractivity contribution in [1.29, 1.82) is 5.26 Å². The van der Waals surface area contributed by atoms with Crippen LogP contribution in [0, 0.1) is 17.1 Å². The van der Waals surface area contributed by atoms with Gasteiger partial charge in [-0.25, -0.2) is 9.82 Å². The molecule has 0 heterocycles. The first-order valence-electron chi connectivity index (χ1n) is 6.84. The summed E-state index contributed by atoms with van der Waals surface area (Å²) in [5.74, 6) is -0.347. The van der Waals surface area contributed by atoms with Gasteiger partial charge >= 0.3 is 0 Å². The molecule has 6 heteroatoms. The average Bonchev–Trinajstić information content (AvgIpc) is 2.55. The number of rotatable bonds is 5. The van der Waals surface area contributed by atoms with E-state index in [0.717, 1.165) is 0 Å². The molecule has 2 aromatic carbocycles. The molecular formula is C17H14FN3O2. The highest BCUT2D eigenvalue weighted by Crippen LogP contribution is 2.13. The van der Waals surface area contributed by atoms with E-state index in [1.165, 1.54) is 18.3 Å². The molecular weight excluding hydrogens is 297 g/mol. The van der Waals surface area contributed by atoms with Gasteiger partial charge in [-0.2, -0.15) is 10.4 Å². The van der Waals surface area contributed by atoms with Gasteiger partial charge in [0.25, 0.3) is 5.91 Å². The molecule has 0 fully saturated rings. The van der Waals surface area contributed by atoms with Crippen molar-refractivity contribution in [2.24, 2.45) is 5.10 Å². The minimum Gasteiger partial charge on any atom is -0.481 e. The van der Waals surface area contributed by atoms with E-state index in [0.29, 0.717) is 16.9 Å². The van der Waals surface area contributed by atoms with Crippen molar-refractivity contribution in [2.45, 2.75) is 13.0 Å². The van der Waals surface area contributed by atoms with Crippen LogP contribution in [-0.4, -0.2) is 18.2 Å². The maximum Gasteiger partial charge on any atom is 0.280 e. The van der Waals surface area contributed by atoms with E-state index in [9.17, 15) is 9.18 Å². The zero-order valence-electron chi connectivity index (χ0n) is 12.4. The molecule has 0 aliphatic carbocycles. The number of hydrogen-bond acceptors (Lipinski definition) is 4. The summed E-state index contributed by atoms with van der Waals surface area (Å²) in [6.45, 7) is 1.57. The third-order valence-corrected chi connectivity index (χ3v) is 2.90. The van der Waals surface area contributed by atoms with E-state index in [1.54, 1.807) is 43.3 Å². The van der Waals surface area contributed by atoms with Crippen molar-refractivity contribution in [1.82, 2.24) is 5.43 Å². The summed E-state index contributed by atoms with van der Waals surface area (Å²) in [6.07, 6.45) is 0.572. The Bertz CT molecular complexity index is 751. The third-order valence-electron chi connectivity index (χ3n) is 2.90. The SMILES string of the molecule is C[C@H](Oc1ccc(C#N)cc1)C(=O)N/N=C\c1cccc(F)c1. The van der Waals surface area contributed by atoms with Gasteiger partial charge in [-0.15, -0.1) is 0 Å². The Morgan fingerprint density at radius 1 is 1.35 bits per heavy atom. The molecule has 0 aromatic heterocycles. The molecule has 23 heavy (non-hydrogen) atoms. The second kappa shape index (κ2) is 7.71. The van der Waals surface area contributed by atoms with Gasteiger partial charge < -0.3 is 4.74 Å². The van der Waals surface area contributed by atoms with Crippen molar-refractivity contribution in [2.75, 3.05) is 0 Å². The minimum atomic E-state index is -0.771. The average molecular weight is 311 g/mol. The highest BCUT2D eigenvalue weighted by atomic mass is 19.1. The first-order valence-corrected chi connectivity index (χ1v) is 6.84. The van der Waals surface area contributed by atoms with Gasteiger partial charge in [-0.05, 0) is 48.9 Å². The molecule has 1 amide bonds. The number of hydrogen-bond donors (Lipinski definition) is 1. The molecule has 0 unspecified atom stereocenters. The fourth-order valence-corrected chi connectivity index (χ4v) is 1.71. The molecule has 0 saturated heterocycles. The lowest BCUT2D eigenvalue weighted by atomic mass is 10.2. The van der Waals surface area contributed by atoms with Gasteiger partial charge in [0.1, 0.15) is 11.6 Å². The number of nitriles is 1. The smallest absolute Gasteiger partial charge is 0.280 e. The predicted molar refractivity (Wildman–Crippen MR) is 83.4 cm³/mol. The standard InChI is InChI=1S/C17H14FN3O2/c1-12(23-16-7-5-13(10-19)6-8-16)17(22)21-20-11-14-3-2-4-15(18)9-14/h2-9,11-12H,1H3,(H,21,22)/b20-11-/t12-/m0/s1. The fraction of sp³-hybridized carbons (Fsp3) is 0.118. The Morgan fingerprint density at radius 2 is 2.09 bits per heavy atom. The summed E-state index contributed by atoms with van der Waals surface area (Å²) in [5, 5.41) is 12.5. The lowest BCUT2D eigenvalue weighted by Crippen LogP contribution is -2.33. The molecule has 1 atom stereocenters. The number of nitrogens with one attached hydrogen (secondary N) is 1. The third kappa shape index (κ3) is 4.93. The maximum absolute atomic E-state index is 13.0. The molecule has 0 spiro atoms. The summed E-state index contributed by atoms with van der Waals surface area (Å²) < 4.78 is 18.4. The Hall–Kier alpha value is -3.20. The van der Waals surface area contributed by atoms with Crippen LogP contribution in [0.4, 0.5) is 4.39 Å². The molecule has 0 bridgehead atoms. The summed E-state index contributed by atoms with van der Waals surface area (Å²) in [7, 11) is 0. The molecule has 0 radical (unpaired) electrons. The number of halogens is 1. The van der Waals surface area contributed by atoms with E-state index < -0.39 is 12.0 Å². The van der Waals surface area contributed by atoms with Crippen LogP contribution in [0.1, 0.15) is 18.1 Å². The highest BCUT2D eigenvalue weighted by molar-refractivity contribution is 5.84. The number of nitrogens with zero attached hydrogens (tertiary/aromatic N) is 2. The number of benzene rings is 2. The molecule has 0 aliphatic rings. The van der Waals surface area contributed by atoms with Gasteiger partial charge in [0.15, 0.2) is 6.10 Å². The van der Waals surface area contributed by atoms with E-state index in [2.05, 4.69) is 10.5 Å². The molecule has 116 valence electrons. The van der Waals surface area contributed by atoms with Crippen molar-refractivity contribution < 1.29 is 13.9 Å². The van der Waals surface area contributed by atoms with Crippen molar-refractivity contribution in [3.63, 3.8) is 0 Å². The van der Waals surface area contributed by atoms with Crippen molar-refractivity contribution >= 4 is 12.1 Å². The van der Waals surface area contributed by atoms with E-state index in [-0.39, 0.29) is 5.82 Å². The maximum atomic E-state index is 13.0. The van der Waals surface area contributed by atoms with Crippen LogP contribution in [0.5, 0.6) is 5.75 Å². The predicted octanol–water partition coefficient (Wildman–Crippen LogP) is 2.61. The van der Waals surface area contributed by atoms with Crippen LogP contribution >= 0.6 is 0 Å². The van der Waals surface area contributed by atoms with Crippen LogP contribution in [0.2, 0.25) is 0 Å². The van der Waals surface area contributed by atoms with Crippen LogP contribution in [0.25, 0.3) is 0 Å². The number of carbonyl (C=O) groups excluding carboxylic acids is 1. The van der Waals surface area contributed by atoms with Crippen molar-refractivity contribution in [3.8, 4) is 11.8 Å². The molecule has 2 aromatic rings. The first kappa shape index (κ1) is 16.2. The van der Waals surface area contributed by atoms with Gasteiger partial charge in [-0.1, -0.05) is 12.1 Å².